The number of benzene rings is 2. The first kappa shape index (κ1) is 16.1. The normalized spacial score (nSPS) is 11.6. The average Bonchev–Trinajstić information content (AvgIpc) is 2.38. The molecule has 0 heterocycles. The zero-order valence-electron chi connectivity index (χ0n) is 11.4. The van der Waals surface area contributed by atoms with Crippen LogP contribution in [0, 0.1) is 12.7 Å². The lowest BCUT2D eigenvalue weighted by Gasteiger charge is -2.08. The van der Waals surface area contributed by atoms with Gasteiger partial charge in [-0.15, -0.1) is 0 Å². The molecular weight excluding hydrogens is 357 g/mol. The Labute approximate surface area is 132 Å². The van der Waals surface area contributed by atoms with Gasteiger partial charge in [0.2, 0.25) is 10.0 Å². The second-order valence-corrected chi connectivity index (χ2v) is 7.36. The van der Waals surface area contributed by atoms with E-state index >= 15 is 0 Å². The van der Waals surface area contributed by atoms with Crippen LogP contribution in [0.4, 0.5) is 4.39 Å². The van der Waals surface area contributed by atoms with Crippen LogP contribution >= 0.6 is 15.9 Å². The van der Waals surface area contributed by atoms with E-state index < -0.39 is 15.8 Å². The van der Waals surface area contributed by atoms with Gasteiger partial charge in [-0.3, -0.25) is 0 Å². The highest BCUT2D eigenvalue weighted by Gasteiger charge is 2.18. The van der Waals surface area contributed by atoms with Crippen LogP contribution in [0.3, 0.4) is 0 Å². The lowest BCUT2D eigenvalue weighted by Crippen LogP contribution is -2.26. The molecular formula is C15H15BrFNO2S. The Balaban J connectivity index is 2.05. The molecule has 2 aromatic rings. The molecule has 0 aliphatic heterocycles. The van der Waals surface area contributed by atoms with Gasteiger partial charge in [0.05, 0.1) is 0 Å². The summed E-state index contributed by atoms with van der Waals surface area (Å²) in [7, 11) is -3.83. The van der Waals surface area contributed by atoms with Crippen molar-refractivity contribution in [3.05, 3.63) is 63.9 Å². The minimum atomic E-state index is -3.83. The van der Waals surface area contributed by atoms with Gasteiger partial charge in [0.1, 0.15) is 10.7 Å². The third-order valence-electron chi connectivity index (χ3n) is 2.97. The van der Waals surface area contributed by atoms with Gasteiger partial charge in [-0.25, -0.2) is 17.5 Å². The Morgan fingerprint density at radius 2 is 1.95 bits per heavy atom. The lowest BCUT2D eigenvalue weighted by molar-refractivity contribution is 0.556. The van der Waals surface area contributed by atoms with Crippen molar-refractivity contribution in [3.63, 3.8) is 0 Å². The number of aryl methyl sites for hydroxylation is 1. The van der Waals surface area contributed by atoms with Crippen molar-refractivity contribution in [2.45, 2.75) is 18.2 Å². The molecule has 0 fully saturated rings. The van der Waals surface area contributed by atoms with Crippen LogP contribution in [0.2, 0.25) is 0 Å². The molecule has 0 bridgehead atoms. The number of rotatable bonds is 5. The maximum atomic E-state index is 13.7. The summed E-state index contributed by atoms with van der Waals surface area (Å²) in [6.45, 7) is 2.20. The summed E-state index contributed by atoms with van der Waals surface area (Å²) in [5.74, 6) is -0.771. The van der Waals surface area contributed by atoms with E-state index in [1.165, 1.54) is 12.1 Å². The zero-order valence-corrected chi connectivity index (χ0v) is 13.8. The van der Waals surface area contributed by atoms with Gasteiger partial charge in [0.25, 0.3) is 0 Å². The van der Waals surface area contributed by atoms with Crippen molar-refractivity contribution in [1.29, 1.82) is 0 Å². The fraction of sp³-hybridized carbons (Fsp3) is 0.200. The van der Waals surface area contributed by atoms with E-state index in [0.717, 1.165) is 17.2 Å². The Morgan fingerprint density at radius 3 is 2.62 bits per heavy atom. The van der Waals surface area contributed by atoms with Crippen molar-refractivity contribution < 1.29 is 12.8 Å². The van der Waals surface area contributed by atoms with Crippen LogP contribution in [0.1, 0.15) is 11.1 Å². The Kier molecular flexibility index (Phi) is 5.13. The molecule has 0 amide bonds. The van der Waals surface area contributed by atoms with Gasteiger partial charge < -0.3 is 0 Å². The first-order valence-corrected chi connectivity index (χ1v) is 8.66. The molecule has 6 heteroatoms. The molecule has 2 aromatic carbocycles. The number of nitrogens with one attached hydrogen (secondary N) is 1. The van der Waals surface area contributed by atoms with Crippen LogP contribution in [0.5, 0.6) is 0 Å². The second-order valence-electron chi connectivity index (χ2n) is 4.71. The number of halogens is 2. The third-order valence-corrected chi connectivity index (χ3v) is 4.96. The van der Waals surface area contributed by atoms with E-state index in [2.05, 4.69) is 20.7 Å². The third kappa shape index (κ3) is 4.36. The number of hydrogen-bond acceptors (Lipinski definition) is 2. The molecule has 0 saturated heterocycles. The quantitative estimate of drug-likeness (QED) is 0.874. The molecule has 0 saturated carbocycles. The maximum Gasteiger partial charge on any atom is 0.243 e. The van der Waals surface area contributed by atoms with Crippen LogP contribution in [0.15, 0.2) is 51.8 Å². The minimum Gasteiger partial charge on any atom is -0.211 e. The molecule has 21 heavy (non-hydrogen) atoms. The van der Waals surface area contributed by atoms with Crippen molar-refractivity contribution in [2.24, 2.45) is 0 Å². The summed E-state index contributed by atoms with van der Waals surface area (Å²) in [5.41, 5.74) is 2.16. The van der Waals surface area contributed by atoms with Gasteiger partial charge in [-0.05, 0) is 37.1 Å². The van der Waals surface area contributed by atoms with Crippen molar-refractivity contribution >= 4 is 26.0 Å². The molecule has 0 unspecified atom stereocenters. The molecule has 2 rings (SSSR count). The Hall–Kier alpha value is -1.24. The first-order valence-electron chi connectivity index (χ1n) is 6.39. The van der Waals surface area contributed by atoms with Gasteiger partial charge >= 0.3 is 0 Å². The van der Waals surface area contributed by atoms with Crippen LogP contribution in [0.25, 0.3) is 0 Å². The number of hydrogen-bond donors (Lipinski definition) is 1. The van der Waals surface area contributed by atoms with E-state index in [1.54, 1.807) is 0 Å². The second kappa shape index (κ2) is 6.68. The zero-order chi connectivity index (χ0) is 15.5. The summed E-state index contributed by atoms with van der Waals surface area (Å²) in [5, 5.41) is 0. The molecule has 0 aliphatic rings. The molecule has 0 atom stereocenters. The largest absolute Gasteiger partial charge is 0.243 e. The average molecular weight is 372 g/mol. The summed E-state index contributed by atoms with van der Waals surface area (Å²) in [4.78, 5) is -0.338. The van der Waals surface area contributed by atoms with E-state index in [-0.39, 0.29) is 11.4 Å². The summed E-state index contributed by atoms with van der Waals surface area (Å²) in [6, 6.07) is 11.7. The predicted octanol–water partition coefficient (Wildman–Crippen LogP) is 3.42. The van der Waals surface area contributed by atoms with Crippen molar-refractivity contribution in [2.75, 3.05) is 6.54 Å². The maximum absolute atomic E-state index is 13.7. The van der Waals surface area contributed by atoms with Crippen LogP contribution in [-0.2, 0) is 16.4 Å². The minimum absolute atomic E-state index is 0.224. The molecule has 112 valence electrons. The fourth-order valence-electron chi connectivity index (χ4n) is 1.97. The fourth-order valence-corrected chi connectivity index (χ4v) is 3.39. The highest BCUT2D eigenvalue weighted by molar-refractivity contribution is 9.10. The van der Waals surface area contributed by atoms with Crippen molar-refractivity contribution in [3.8, 4) is 0 Å². The molecule has 0 aromatic heterocycles. The van der Waals surface area contributed by atoms with E-state index in [0.29, 0.717) is 10.9 Å². The SMILES string of the molecule is Cc1cccc(CCNS(=O)(=O)c2ccc(Br)cc2F)c1. The highest BCUT2D eigenvalue weighted by atomic mass is 79.9. The first-order chi connectivity index (χ1) is 9.88. The van der Waals surface area contributed by atoms with Gasteiger partial charge in [0.15, 0.2) is 0 Å². The van der Waals surface area contributed by atoms with E-state index in [4.69, 9.17) is 0 Å². The van der Waals surface area contributed by atoms with E-state index in [9.17, 15) is 12.8 Å². The lowest BCUT2D eigenvalue weighted by atomic mass is 10.1. The Bertz CT molecular complexity index is 747. The topological polar surface area (TPSA) is 46.2 Å². The molecule has 3 nitrogen and oxygen atoms in total. The standard InChI is InChI=1S/C15H15BrFNO2S/c1-11-3-2-4-12(9-11)7-8-18-21(19,20)15-6-5-13(16)10-14(15)17/h2-6,9-10,18H,7-8H2,1H3. The summed E-state index contributed by atoms with van der Waals surface area (Å²) < 4.78 is 40.7. The summed E-state index contributed by atoms with van der Waals surface area (Å²) >= 11 is 3.10. The molecule has 1 N–H and O–H groups in total. The molecule has 0 radical (unpaired) electrons. The number of sulfonamides is 1. The van der Waals surface area contributed by atoms with Gasteiger partial charge in [0, 0.05) is 11.0 Å². The highest BCUT2D eigenvalue weighted by Crippen LogP contribution is 2.19. The summed E-state index contributed by atoms with van der Waals surface area (Å²) in [6.07, 6.45) is 0.555. The van der Waals surface area contributed by atoms with Crippen LogP contribution < -0.4 is 4.72 Å². The Morgan fingerprint density at radius 1 is 1.19 bits per heavy atom. The van der Waals surface area contributed by atoms with Crippen LogP contribution in [-0.4, -0.2) is 15.0 Å². The smallest absolute Gasteiger partial charge is 0.211 e. The van der Waals surface area contributed by atoms with E-state index in [1.807, 2.05) is 31.2 Å². The predicted molar refractivity (Wildman–Crippen MR) is 84.2 cm³/mol. The van der Waals surface area contributed by atoms with Crippen molar-refractivity contribution in [1.82, 2.24) is 4.72 Å². The molecule has 0 spiro atoms. The molecule has 0 aliphatic carbocycles. The monoisotopic (exact) mass is 371 g/mol. The van der Waals surface area contributed by atoms with Gasteiger partial charge in [-0.1, -0.05) is 45.8 Å². The van der Waals surface area contributed by atoms with Gasteiger partial charge in [-0.2, -0.15) is 0 Å².